The average Bonchev–Trinajstić information content (AvgIpc) is 3.75. The molecular formula is C68H47NS2. The van der Waals surface area contributed by atoms with E-state index in [1.54, 1.807) is 0 Å². The monoisotopic (exact) mass is 941 g/mol. The van der Waals surface area contributed by atoms with Gasteiger partial charge in [0.15, 0.2) is 0 Å². The average molecular weight is 942 g/mol. The van der Waals surface area contributed by atoms with Crippen LogP contribution in [-0.4, -0.2) is 0 Å². The van der Waals surface area contributed by atoms with Gasteiger partial charge in [-0.15, -0.1) is 10.0 Å². The lowest BCUT2D eigenvalue weighted by Crippen LogP contribution is -2.39. The smallest absolute Gasteiger partial charge is 0.0744 e. The molecule has 1 nitrogen and oxygen atoms in total. The van der Waals surface area contributed by atoms with Crippen molar-refractivity contribution in [3.63, 3.8) is 0 Å². The zero-order valence-corrected chi connectivity index (χ0v) is 40.5. The van der Waals surface area contributed by atoms with Crippen LogP contribution in [0.4, 0.5) is 17.1 Å². The van der Waals surface area contributed by atoms with E-state index in [0.717, 1.165) is 17.1 Å². The lowest BCUT2D eigenvalue weighted by molar-refractivity contribution is 0.662. The van der Waals surface area contributed by atoms with Crippen LogP contribution in [0, 0.1) is 0 Å². The molecule has 3 aliphatic rings. The summed E-state index contributed by atoms with van der Waals surface area (Å²) in [5.74, 6) is 0. The van der Waals surface area contributed by atoms with Gasteiger partial charge in [-0.2, -0.15) is 0 Å². The molecule has 0 bridgehead atoms. The number of nitrogens with zero attached hydrogens (tertiary/aromatic N) is 1. The number of anilines is 3. The standard InChI is InChI=1S/C68H47NS2/c1-6-24-48(25-7-1)67(49-26-8-2-9-27-49)57-35-17-16-34-55(57)56-44-42-51(46-62(56)67)69(50-28-10-3-11-29-50)52-43-45-59-64(47-52)70-63-39-21-18-36-58(63)68(59)60-37-19-22-40-65(60)71(53-30-12-4-13-31-53,54-32-14-5-15-33-54)66-41-23-20-38-61(66)68/h1-47H. The number of rotatable bonds is 7. The van der Waals surface area contributed by atoms with Crippen molar-refractivity contribution in [3.05, 3.63) is 330 Å². The third-order valence-corrected chi connectivity index (χ3v) is 20.4. The number of para-hydroxylation sites is 1. The first kappa shape index (κ1) is 41.9. The first-order valence-corrected chi connectivity index (χ1v) is 26.9. The Balaban J connectivity index is 1.02. The van der Waals surface area contributed by atoms with Gasteiger partial charge in [0.2, 0.25) is 0 Å². The fourth-order valence-electron chi connectivity index (χ4n) is 12.6. The predicted octanol–water partition coefficient (Wildman–Crippen LogP) is 18.0. The quantitative estimate of drug-likeness (QED) is 0.157. The molecule has 2 heterocycles. The minimum absolute atomic E-state index is 0.521. The molecule has 0 radical (unpaired) electrons. The highest BCUT2D eigenvalue weighted by Gasteiger charge is 2.54. The van der Waals surface area contributed by atoms with E-state index in [1.165, 1.54) is 85.0 Å². The molecule has 0 aromatic heterocycles. The Kier molecular flexibility index (Phi) is 9.74. The summed E-state index contributed by atoms with van der Waals surface area (Å²) in [5, 5.41) is 0. The summed E-state index contributed by atoms with van der Waals surface area (Å²) < 4.78 is 0. The van der Waals surface area contributed by atoms with Crippen LogP contribution in [0.1, 0.15) is 44.5 Å². The molecule has 1 spiro atoms. The fraction of sp³-hybridized carbons (Fsp3) is 0.0294. The first-order valence-electron chi connectivity index (χ1n) is 24.5. The second kappa shape index (κ2) is 16.5. The molecule has 11 aromatic rings. The van der Waals surface area contributed by atoms with Crippen molar-refractivity contribution in [2.24, 2.45) is 0 Å². The SMILES string of the molecule is c1ccc(N(c2ccc3c(c2)Sc2ccccc2C32c3ccccc3S(c3ccccc3)(c3ccccc3)c3ccccc32)c2ccc3c(c2)C(c2ccccc2)(c2ccccc2)c2ccccc2-3)cc1. The molecule has 0 saturated carbocycles. The summed E-state index contributed by atoms with van der Waals surface area (Å²) in [6, 6.07) is 107. The molecule has 0 saturated heterocycles. The van der Waals surface area contributed by atoms with Crippen LogP contribution in [0.25, 0.3) is 11.1 Å². The van der Waals surface area contributed by atoms with Gasteiger partial charge in [0.1, 0.15) is 0 Å². The van der Waals surface area contributed by atoms with Crippen LogP contribution in [-0.2, 0) is 10.8 Å². The molecule has 11 aromatic carbocycles. The number of fused-ring (bicyclic) bond motifs is 11. The van der Waals surface area contributed by atoms with Gasteiger partial charge < -0.3 is 4.90 Å². The molecular weight excluding hydrogens is 895 g/mol. The van der Waals surface area contributed by atoms with Crippen LogP contribution in [0.3, 0.4) is 0 Å². The molecule has 2 aliphatic heterocycles. The van der Waals surface area contributed by atoms with E-state index in [1.807, 2.05) is 11.8 Å². The molecule has 0 atom stereocenters. The van der Waals surface area contributed by atoms with Crippen LogP contribution in [0.2, 0.25) is 0 Å². The summed E-state index contributed by atoms with van der Waals surface area (Å²) in [6.45, 7) is 0. The van der Waals surface area contributed by atoms with Gasteiger partial charge in [0.25, 0.3) is 0 Å². The lowest BCUT2D eigenvalue weighted by atomic mass is 9.64. The molecule has 0 N–H and O–H groups in total. The second-order valence-corrected chi connectivity index (χ2v) is 22.8. The summed E-state index contributed by atoms with van der Waals surface area (Å²) in [7, 11) is -1.94. The van der Waals surface area contributed by atoms with Crippen LogP contribution >= 0.6 is 21.8 Å². The normalized spacial score (nSPS) is 15.2. The van der Waals surface area contributed by atoms with E-state index in [9.17, 15) is 0 Å². The van der Waals surface area contributed by atoms with Crippen molar-refractivity contribution in [2.75, 3.05) is 4.90 Å². The van der Waals surface area contributed by atoms with Gasteiger partial charge in [-0.1, -0.05) is 218 Å². The van der Waals surface area contributed by atoms with E-state index in [0.29, 0.717) is 0 Å². The van der Waals surface area contributed by atoms with Gasteiger partial charge in [-0.3, -0.25) is 0 Å². The largest absolute Gasteiger partial charge is 0.310 e. The minimum atomic E-state index is -1.94. The third kappa shape index (κ3) is 5.91. The fourth-order valence-corrected chi connectivity index (χ4v) is 18.1. The van der Waals surface area contributed by atoms with Crippen molar-refractivity contribution in [2.45, 2.75) is 40.2 Å². The molecule has 336 valence electrons. The van der Waals surface area contributed by atoms with Gasteiger partial charge in [-0.25, -0.2) is 0 Å². The van der Waals surface area contributed by atoms with Gasteiger partial charge in [0.05, 0.1) is 10.8 Å². The van der Waals surface area contributed by atoms with Gasteiger partial charge in [-0.05, 0) is 134 Å². The maximum Gasteiger partial charge on any atom is 0.0744 e. The Labute approximate surface area is 422 Å². The van der Waals surface area contributed by atoms with E-state index in [4.69, 9.17) is 0 Å². The van der Waals surface area contributed by atoms with Crippen molar-refractivity contribution < 1.29 is 0 Å². The molecule has 0 fully saturated rings. The zero-order chi connectivity index (χ0) is 47.0. The molecule has 0 unspecified atom stereocenters. The van der Waals surface area contributed by atoms with Crippen molar-refractivity contribution in [3.8, 4) is 11.1 Å². The molecule has 1 aliphatic carbocycles. The summed E-state index contributed by atoms with van der Waals surface area (Å²) in [6.07, 6.45) is 0. The molecule has 3 heteroatoms. The van der Waals surface area contributed by atoms with Crippen LogP contribution < -0.4 is 4.90 Å². The number of hydrogen-bond donors (Lipinski definition) is 0. The topological polar surface area (TPSA) is 3.24 Å². The highest BCUT2D eigenvalue weighted by Crippen LogP contribution is 2.80. The van der Waals surface area contributed by atoms with Crippen molar-refractivity contribution >= 4 is 38.9 Å². The second-order valence-electron chi connectivity index (χ2n) is 18.7. The lowest BCUT2D eigenvalue weighted by Gasteiger charge is -2.54. The van der Waals surface area contributed by atoms with E-state index in [-0.39, 0.29) is 0 Å². The van der Waals surface area contributed by atoms with Crippen LogP contribution in [0.15, 0.2) is 314 Å². The van der Waals surface area contributed by atoms with Crippen molar-refractivity contribution in [1.29, 1.82) is 0 Å². The Morgan fingerprint density at radius 3 is 1.32 bits per heavy atom. The van der Waals surface area contributed by atoms with E-state index in [2.05, 4.69) is 290 Å². The zero-order valence-electron chi connectivity index (χ0n) is 38.9. The number of benzene rings is 11. The Morgan fingerprint density at radius 1 is 0.282 bits per heavy atom. The third-order valence-electron chi connectivity index (χ3n) is 15.3. The minimum Gasteiger partial charge on any atom is -0.310 e. The highest BCUT2D eigenvalue weighted by atomic mass is 32.3. The molecule has 14 rings (SSSR count). The predicted molar refractivity (Wildman–Crippen MR) is 294 cm³/mol. The summed E-state index contributed by atoms with van der Waals surface area (Å²) in [5.41, 5.74) is 15.2. The van der Waals surface area contributed by atoms with Crippen LogP contribution in [0.5, 0.6) is 0 Å². The van der Waals surface area contributed by atoms with E-state index < -0.39 is 20.9 Å². The molecule has 0 amide bonds. The van der Waals surface area contributed by atoms with Gasteiger partial charge >= 0.3 is 0 Å². The van der Waals surface area contributed by atoms with Gasteiger partial charge in [0, 0.05) is 46.4 Å². The Morgan fingerprint density at radius 2 is 0.718 bits per heavy atom. The Bertz CT molecular complexity index is 3670. The number of hydrogen-bond acceptors (Lipinski definition) is 2. The highest BCUT2D eigenvalue weighted by molar-refractivity contribution is 8.34. The summed E-state index contributed by atoms with van der Waals surface area (Å²) >= 11 is 1.90. The molecule has 71 heavy (non-hydrogen) atoms. The maximum atomic E-state index is 2.48. The first-order chi connectivity index (χ1) is 35.2. The van der Waals surface area contributed by atoms with E-state index >= 15 is 0 Å². The summed E-state index contributed by atoms with van der Waals surface area (Å²) in [4.78, 5) is 10.5. The Hall–Kier alpha value is -8.08. The van der Waals surface area contributed by atoms with Crippen molar-refractivity contribution in [1.82, 2.24) is 0 Å². The maximum absolute atomic E-state index is 2.48.